The zero-order valence-electron chi connectivity index (χ0n) is 12.4. The Labute approximate surface area is 122 Å². The van der Waals surface area contributed by atoms with Gasteiger partial charge in [0.15, 0.2) is 0 Å². The molecular formula is C16H26N2S. The highest BCUT2D eigenvalue weighted by atomic mass is 32.2. The van der Waals surface area contributed by atoms with E-state index in [1.807, 2.05) is 11.8 Å². The predicted molar refractivity (Wildman–Crippen MR) is 85.8 cm³/mol. The Morgan fingerprint density at radius 2 is 2.21 bits per heavy atom. The number of thioether (sulfide) groups is 1. The molecule has 1 heterocycles. The molecule has 2 nitrogen and oxygen atoms in total. The highest BCUT2D eigenvalue weighted by Crippen LogP contribution is 2.18. The summed E-state index contributed by atoms with van der Waals surface area (Å²) in [6, 6.07) is 7.72. The summed E-state index contributed by atoms with van der Waals surface area (Å²) in [7, 11) is 2.25. The monoisotopic (exact) mass is 278 g/mol. The summed E-state index contributed by atoms with van der Waals surface area (Å²) >= 11 is 1.94. The van der Waals surface area contributed by atoms with Crippen molar-refractivity contribution in [3.63, 3.8) is 0 Å². The molecule has 2 rings (SSSR count). The van der Waals surface area contributed by atoms with Crippen LogP contribution >= 0.6 is 11.8 Å². The minimum absolute atomic E-state index is 0.684. The summed E-state index contributed by atoms with van der Waals surface area (Å²) < 4.78 is 0. The number of nitrogens with zero attached hydrogens (tertiary/aromatic N) is 1. The lowest BCUT2D eigenvalue weighted by Crippen LogP contribution is -2.32. The molecule has 1 N–H and O–H groups in total. The normalized spacial score (nSPS) is 16.4. The molecule has 1 aromatic carbocycles. The van der Waals surface area contributed by atoms with E-state index in [1.165, 1.54) is 35.3 Å². The van der Waals surface area contributed by atoms with Crippen molar-refractivity contribution in [3.8, 4) is 0 Å². The molecule has 0 spiro atoms. The second-order valence-corrected chi connectivity index (χ2v) is 6.37. The lowest BCUT2D eigenvalue weighted by atomic mass is 9.98. The molecule has 0 fully saturated rings. The topological polar surface area (TPSA) is 15.3 Å². The first-order chi connectivity index (χ1) is 9.24. The summed E-state index contributed by atoms with van der Waals surface area (Å²) in [5, 5.41) is 3.46. The number of rotatable bonds is 6. The largest absolute Gasteiger partial charge is 0.312 e. The number of benzene rings is 1. The molecule has 1 aliphatic rings. The maximum absolute atomic E-state index is 3.46. The van der Waals surface area contributed by atoms with Crippen LogP contribution in [0.2, 0.25) is 0 Å². The van der Waals surface area contributed by atoms with E-state index in [1.54, 1.807) is 0 Å². The molecule has 19 heavy (non-hydrogen) atoms. The first-order valence-corrected chi connectivity index (χ1v) is 8.64. The molecule has 0 bridgehead atoms. The smallest absolute Gasteiger partial charge is 0.0234 e. The number of fused-ring (bicyclic) bond motifs is 1. The van der Waals surface area contributed by atoms with Crippen molar-refractivity contribution in [2.75, 3.05) is 25.6 Å². The van der Waals surface area contributed by atoms with E-state index in [0.717, 1.165) is 19.6 Å². The van der Waals surface area contributed by atoms with E-state index in [0.29, 0.717) is 6.04 Å². The maximum atomic E-state index is 3.46. The molecule has 1 atom stereocenters. The fourth-order valence-corrected chi connectivity index (χ4v) is 3.67. The maximum Gasteiger partial charge on any atom is 0.0234 e. The highest BCUT2D eigenvalue weighted by molar-refractivity contribution is 7.98. The Balaban J connectivity index is 2.02. The van der Waals surface area contributed by atoms with E-state index >= 15 is 0 Å². The lowest BCUT2D eigenvalue weighted by molar-refractivity contribution is 0.248. The number of nitrogens with one attached hydrogen (secondary N) is 1. The Morgan fingerprint density at radius 1 is 1.37 bits per heavy atom. The minimum atomic E-state index is 0.684. The summed E-state index contributed by atoms with van der Waals surface area (Å²) in [5.41, 5.74) is 4.47. The SMILES string of the molecule is CCC(CSC)N(C)Cc1ccc2c(c1)CNCC2. The first-order valence-electron chi connectivity index (χ1n) is 7.25. The molecule has 0 radical (unpaired) electrons. The van der Waals surface area contributed by atoms with Gasteiger partial charge in [-0.05, 0) is 49.4 Å². The summed E-state index contributed by atoms with van der Waals surface area (Å²) in [4.78, 5) is 2.49. The van der Waals surface area contributed by atoms with Crippen LogP contribution in [0, 0.1) is 0 Å². The molecular weight excluding hydrogens is 252 g/mol. The van der Waals surface area contributed by atoms with Crippen LogP contribution in [-0.4, -0.2) is 36.5 Å². The van der Waals surface area contributed by atoms with E-state index in [2.05, 4.69) is 48.6 Å². The molecule has 1 aliphatic heterocycles. The van der Waals surface area contributed by atoms with Gasteiger partial charge in [-0.1, -0.05) is 25.1 Å². The van der Waals surface area contributed by atoms with Gasteiger partial charge < -0.3 is 5.32 Å². The average Bonchev–Trinajstić information content (AvgIpc) is 2.44. The second-order valence-electron chi connectivity index (χ2n) is 5.46. The summed E-state index contributed by atoms with van der Waals surface area (Å²) in [5.74, 6) is 1.22. The summed E-state index contributed by atoms with van der Waals surface area (Å²) in [6.45, 7) is 5.51. The first kappa shape index (κ1) is 14.9. The van der Waals surface area contributed by atoms with Crippen LogP contribution in [-0.2, 0) is 19.5 Å². The van der Waals surface area contributed by atoms with Crippen molar-refractivity contribution in [1.29, 1.82) is 0 Å². The minimum Gasteiger partial charge on any atom is -0.312 e. The van der Waals surface area contributed by atoms with Gasteiger partial charge >= 0.3 is 0 Å². The van der Waals surface area contributed by atoms with Crippen molar-refractivity contribution in [2.24, 2.45) is 0 Å². The van der Waals surface area contributed by atoms with Gasteiger partial charge in [-0.3, -0.25) is 4.90 Å². The van der Waals surface area contributed by atoms with Crippen LogP contribution in [0.15, 0.2) is 18.2 Å². The van der Waals surface area contributed by atoms with Crippen LogP contribution in [0.4, 0.5) is 0 Å². The fourth-order valence-electron chi connectivity index (χ4n) is 2.80. The highest BCUT2D eigenvalue weighted by Gasteiger charge is 2.14. The summed E-state index contributed by atoms with van der Waals surface area (Å²) in [6.07, 6.45) is 4.60. The van der Waals surface area contributed by atoms with E-state index in [9.17, 15) is 0 Å². The molecule has 0 saturated carbocycles. The number of hydrogen-bond donors (Lipinski definition) is 1. The van der Waals surface area contributed by atoms with Crippen molar-refractivity contribution in [3.05, 3.63) is 34.9 Å². The van der Waals surface area contributed by atoms with Gasteiger partial charge in [0.25, 0.3) is 0 Å². The van der Waals surface area contributed by atoms with Crippen LogP contribution in [0.1, 0.15) is 30.0 Å². The van der Waals surface area contributed by atoms with E-state index in [-0.39, 0.29) is 0 Å². The van der Waals surface area contributed by atoms with Crippen LogP contribution in [0.25, 0.3) is 0 Å². The third-order valence-electron chi connectivity index (χ3n) is 4.04. The Hall–Kier alpha value is -0.510. The quantitative estimate of drug-likeness (QED) is 0.861. The molecule has 0 saturated heterocycles. The fraction of sp³-hybridized carbons (Fsp3) is 0.625. The molecule has 3 heteroatoms. The van der Waals surface area contributed by atoms with Crippen LogP contribution < -0.4 is 5.32 Å². The standard InChI is InChI=1S/C16H26N2S/c1-4-16(12-19-3)18(2)11-13-5-6-14-7-8-17-10-15(14)9-13/h5-6,9,16-17H,4,7-8,10-12H2,1-3H3. The van der Waals surface area contributed by atoms with Crippen molar-refractivity contribution in [2.45, 2.75) is 38.9 Å². The van der Waals surface area contributed by atoms with Crippen molar-refractivity contribution in [1.82, 2.24) is 10.2 Å². The Morgan fingerprint density at radius 3 is 2.95 bits per heavy atom. The molecule has 106 valence electrons. The average molecular weight is 278 g/mol. The third kappa shape index (κ3) is 3.98. The Kier molecular flexibility index (Phi) is 5.74. The number of hydrogen-bond acceptors (Lipinski definition) is 3. The lowest BCUT2D eigenvalue weighted by Gasteiger charge is -2.27. The molecule has 0 amide bonds. The molecule has 1 aromatic rings. The van der Waals surface area contributed by atoms with Gasteiger partial charge in [-0.15, -0.1) is 0 Å². The van der Waals surface area contributed by atoms with Crippen LogP contribution in [0.3, 0.4) is 0 Å². The van der Waals surface area contributed by atoms with Gasteiger partial charge in [0.1, 0.15) is 0 Å². The van der Waals surface area contributed by atoms with Gasteiger partial charge in [-0.25, -0.2) is 0 Å². The van der Waals surface area contributed by atoms with Crippen molar-refractivity contribution < 1.29 is 0 Å². The second kappa shape index (κ2) is 7.32. The zero-order valence-corrected chi connectivity index (χ0v) is 13.2. The van der Waals surface area contributed by atoms with Gasteiger partial charge in [0.2, 0.25) is 0 Å². The molecule has 0 aliphatic carbocycles. The van der Waals surface area contributed by atoms with Gasteiger partial charge in [-0.2, -0.15) is 11.8 Å². The molecule has 1 unspecified atom stereocenters. The van der Waals surface area contributed by atoms with Gasteiger partial charge in [0.05, 0.1) is 0 Å². The molecule has 0 aromatic heterocycles. The van der Waals surface area contributed by atoms with Crippen LogP contribution in [0.5, 0.6) is 0 Å². The van der Waals surface area contributed by atoms with Crippen molar-refractivity contribution >= 4 is 11.8 Å². The van der Waals surface area contributed by atoms with E-state index < -0.39 is 0 Å². The predicted octanol–water partition coefficient (Wildman–Crippen LogP) is 2.91. The Bertz CT molecular complexity index is 406. The third-order valence-corrected chi connectivity index (χ3v) is 4.76. The van der Waals surface area contributed by atoms with Gasteiger partial charge in [0, 0.05) is 24.9 Å². The van der Waals surface area contributed by atoms with E-state index in [4.69, 9.17) is 0 Å². The zero-order chi connectivity index (χ0) is 13.7.